The lowest BCUT2D eigenvalue weighted by molar-refractivity contribution is 0.144. The van der Waals surface area contributed by atoms with Crippen LogP contribution in [0.15, 0.2) is 36.5 Å². The van der Waals surface area contributed by atoms with Crippen molar-refractivity contribution in [2.24, 2.45) is 0 Å². The average Bonchev–Trinajstić information content (AvgIpc) is 2.66. The highest BCUT2D eigenvalue weighted by molar-refractivity contribution is 5.95. The highest BCUT2D eigenvalue weighted by Crippen LogP contribution is 2.36. The summed E-state index contributed by atoms with van der Waals surface area (Å²) in [7, 11) is 3.15. The van der Waals surface area contributed by atoms with E-state index in [1.807, 2.05) is 0 Å². The maximum absolute atomic E-state index is 14.3. The van der Waals surface area contributed by atoms with Crippen molar-refractivity contribution in [3.05, 3.63) is 47.9 Å². The van der Waals surface area contributed by atoms with Gasteiger partial charge in [0, 0.05) is 36.5 Å². The van der Waals surface area contributed by atoms with Crippen LogP contribution < -0.4 is 14.8 Å². The van der Waals surface area contributed by atoms with Gasteiger partial charge in [0.25, 0.3) is 0 Å². The first-order valence-electron chi connectivity index (χ1n) is 8.38. The van der Waals surface area contributed by atoms with Crippen molar-refractivity contribution in [1.82, 2.24) is 4.98 Å². The third-order valence-corrected chi connectivity index (χ3v) is 4.13. The Kier molecular flexibility index (Phi) is 5.61. The van der Waals surface area contributed by atoms with Crippen LogP contribution in [-0.2, 0) is 4.74 Å². The molecule has 0 aliphatic carbocycles. The number of methoxy groups -OCH3 is 2. The number of aromatic hydroxyl groups is 1. The lowest BCUT2D eigenvalue weighted by atomic mass is 10.1. The third-order valence-electron chi connectivity index (χ3n) is 4.13. The number of aryl methyl sites for hydroxylation is 1. The molecule has 3 aromatic rings. The number of phenols is 1. The zero-order valence-electron chi connectivity index (χ0n) is 15.4. The number of nitrogens with one attached hydrogen (secondary N) is 1. The number of nitrogens with zero attached hydrogens (tertiary/aromatic N) is 1. The molecule has 0 radical (unpaired) electrons. The molecule has 2 aromatic carbocycles. The highest BCUT2D eigenvalue weighted by atomic mass is 19.1. The molecule has 1 aromatic heterocycles. The van der Waals surface area contributed by atoms with E-state index in [4.69, 9.17) is 14.2 Å². The Hall–Kier alpha value is -3.06. The molecule has 0 aliphatic rings. The molecule has 0 spiro atoms. The normalized spacial score (nSPS) is 10.8. The summed E-state index contributed by atoms with van der Waals surface area (Å²) in [5.41, 5.74) is 1.93. The number of hydrogen-bond acceptors (Lipinski definition) is 6. The molecule has 1 heterocycles. The zero-order chi connectivity index (χ0) is 19.4. The van der Waals surface area contributed by atoms with Crippen LogP contribution in [0, 0.1) is 12.7 Å². The van der Waals surface area contributed by atoms with Gasteiger partial charge in [-0.3, -0.25) is 4.98 Å². The number of rotatable bonds is 7. The van der Waals surface area contributed by atoms with Crippen LogP contribution in [-0.4, -0.2) is 37.5 Å². The molecule has 3 rings (SSSR count). The number of phenolic OH excluding ortho intramolecular Hbond substituents is 1. The fraction of sp³-hybridized carbons (Fsp3) is 0.250. The Morgan fingerprint density at radius 2 is 1.89 bits per heavy atom. The lowest BCUT2D eigenvalue weighted by Crippen LogP contribution is -2.05. The fourth-order valence-corrected chi connectivity index (χ4v) is 2.67. The Morgan fingerprint density at radius 1 is 1.07 bits per heavy atom. The van der Waals surface area contributed by atoms with Crippen LogP contribution in [0.2, 0.25) is 0 Å². The molecule has 0 saturated heterocycles. The molecule has 0 saturated carbocycles. The van der Waals surface area contributed by atoms with Gasteiger partial charge in [-0.1, -0.05) is 0 Å². The molecule has 2 N–H and O–H groups in total. The minimum atomic E-state index is -0.457. The SMILES string of the molecule is COCCOc1cc2nccc(Nc3cc(O)c(C)cc3F)c2cc1OC. The largest absolute Gasteiger partial charge is 0.508 e. The molecule has 0 atom stereocenters. The van der Waals surface area contributed by atoms with E-state index in [-0.39, 0.29) is 11.4 Å². The minimum Gasteiger partial charge on any atom is -0.508 e. The van der Waals surface area contributed by atoms with Crippen LogP contribution in [0.4, 0.5) is 15.8 Å². The van der Waals surface area contributed by atoms with Gasteiger partial charge in [0.05, 0.1) is 24.9 Å². The smallest absolute Gasteiger partial charge is 0.163 e. The lowest BCUT2D eigenvalue weighted by Gasteiger charge is -2.15. The fourth-order valence-electron chi connectivity index (χ4n) is 2.67. The van der Waals surface area contributed by atoms with E-state index in [2.05, 4.69) is 10.3 Å². The monoisotopic (exact) mass is 372 g/mol. The van der Waals surface area contributed by atoms with Crippen LogP contribution in [0.1, 0.15) is 5.56 Å². The van der Waals surface area contributed by atoms with Crippen LogP contribution in [0.3, 0.4) is 0 Å². The summed E-state index contributed by atoms with van der Waals surface area (Å²) in [6, 6.07) is 7.90. The molecule has 27 heavy (non-hydrogen) atoms. The van der Waals surface area contributed by atoms with Gasteiger partial charge in [-0.15, -0.1) is 0 Å². The number of aromatic nitrogens is 1. The molecule has 0 aliphatic heterocycles. The Labute approximate surface area is 156 Å². The molecule has 0 fully saturated rings. The number of ether oxygens (including phenoxy) is 3. The number of anilines is 2. The van der Waals surface area contributed by atoms with Gasteiger partial charge in [0.2, 0.25) is 0 Å². The average molecular weight is 372 g/mol. The topological polar surface area (TPSA) is 72.8 Å². The van der Waals surface area contributed by atoms with Crippen molar-refractivity contribution in [1.29, 1.82) is 0 Å². The number of benzene rings is 2. The molecule has 0 amide bonds. The minimum absolute atomic E-state index is 0.0173. The van der Waals surface area contributed by atoms with Gasteiger partial charge in [0.15, 0.2) is 11.5 Å². The van der Waals surface area contributed by atoms with E-state index in [0.29, 0.717) is 41.5 Å². The number of halogens is 1. The molecule has 0 unspecified atom stereocenters. The van der Waals surface area contributed by atoms with Crippen molar-refractivity contribution in [2.45, 2.75) is 6.92 Å². The summed E-state index contributed by atoms with van der Waals surface area (Å²) in [4.78, 5) is 4.35. The van der Waals surface area contributed by atoms with E-state index < -0.39 is 5.82 Å². The molecule has 6 nitrogen and oxygen atoms in total. The molecular formula is C20H21FN2O4. The summed E-state index contributed by atoms with van der Waals surface area (Å²) in [6.07, 6.45) is 1.61. The molecule has 7 heteroatoms. The number of hydrogen-bond donors (Lipinski definition) is 2. The van der Waals surface area contributed by atoms with Crippen molar-refractivity contribution < 1.29 is 23.7 Å². The summed E-state index contributed by atoms with van der Waals surface area (Å²) in [5, 5.41) is 13.6. The van der Waals surface area contributed by atoms with Gasteiger partial charge in [-0.05, 0) is 30.7 Å². The van der Waals surface area contributed by atoms with E-state index in [1.54, 1.807) is 45.5 Å². The zero-order valence-corrected chi connectivity index (χ0v) is 15.4. The van der Waals surface area contributed by atoms with Crippen LogP contribution in [0.5, 0.6) is 17.2 Å². The van der Waals surface area contributed by atoms with Crippen LogP contribution >= 0.6 is 0 Å². The number of fused-ring (bicyclic) bond motifs is 1. The van der Waals surface area contributed by atoms with Gasteiger partial charge < -0.3 is 24.6 Å². The van der Waals surface area contributed by atoms with Crippen molar-refractivity contribution >= 4 is 22.3 Å². The van der Waals surface area contributed by atoms with Crippen molar-refractivity contribution in [2.75, 3.05) is 32.8 Å². The van der Waals surface area contributed by atoms with Gasteiger partial charge in [0.1, 0.15) is 18.2 Å². The van der Waals surface area contributed by atoms with E-state index in [0.717, 1.165) is 5.39 Å². The second-order valence-electron chi connectivity index (χ2n) is 5.96. The first-order valence-corrected chi connectivity index (χ1v) is 8.38. The third kappa shape index (κ3) is 4.03. The van der Waals surface area contributed by atoms with Crippen molar-refractivity contribution in [3.63, 3.8) is 0 Å². The molecule has 0 bridgehead atoms. The second kappa shape index (κ2) is 8.09. The first-order chi connectivity index (χ1) is 13.0. The Morgan fingerprint density at radius 3 is 2.63 bits per heavy atom. The summed E-state index contributed by atoms with van der Waals surface area (Å²) in [6.45, 7) is 2.47. The van der Waals surface area contributed by atoms with E-state index in [1.165, 1.54) is 12.1 Å². The maximum Gasteiger partial charge on any atom is 0.163 e. The highest BCUT2D eigenvalue weighted by Gasteiger charge is 2.13. The predicted octanol–water partition coefficient (Wildman–Crippen LogP) is 4.17. The van der Waals surface area contributed by atoms with Crippen LogP contribution in [0.25, 0.3) is 10.9 Å². The van der Waals surface area contributed by atoms with E-state index >= 15 is 0 Å². The van der Waals surface area contributed by atoms with Gasteiger partial charge in [-0.25, -0.2) is 4.39 Å². The molecular weight excluding hydrogens is 351 g/mol. The summed E-state index contributed by atoms with van der Waals surface area (Å²) >= 11 is 0. The standard InChI is InChI=1S/C20H21FN2O4/c1-12-8-14(21)17(10-18(12)24)23-15-4-5-22-16-11-20(27-7-6-25-2)19(26-3)9-13(15)16/h4-5,8-11,24H,6-7H2,1-3H3,(H,22,23). The predicted molar refractivity (Wildman–Crippen MR) is 102 cm³/mol. The summed E-state index contributed by atoms with van der Waals surface area (Å²) < 4.78 is 30.3. The van der Waals surface area contributed by atoms with Gasteiger partial charge in [-0.2, -0.15) is 0 Å². The molecule has 142 valence electrons. The maximum atomic E-state index is 14.3. The summed E-state index contributed by atoms with van der Waals surface area (Å²) in [5.74, 6) is 0.637. The Balaban J connectivity index is 2.00. The quantitative estimate of drug-likeness (QED) is 0.607. The van der Waals surface area contributed by atoms with Gasteiger partial charge >= 0.3 is 0 Å². The first kappa shape index (κ1) is 18.7. The van der Waals surface area contributed by atoms with Crippen molar-refractivity contribution in [3.8, 4) is 17.2 Å². The Bertz CT molecular complexity index is 962. The number of pyridine rings is 1. The van der Waals surface area contributed by atoms with E-state index in [9.17, 15) is 9.50 Å². The second-order valence-corrected chi connectivity index (χ2v) is 5.96.